The molecule has 0 radical (unpaired) electrons. The first-order chi connectivity index (χ1) is 22.9. The maximum atomic E-state index is 12.5. The van der Waals surface area contributed by atoms with Crippen LogP contribution >= 0.6 is 0 Å². The number of carbonyl (C=O) groups is 2. The number of benzene rings is 4. The normalized spacial score (nSPS) is 15.3. The Morgan fingerprint density at radius 3 is 1.30 bits per heavy atom. The predicted octanol–water partition coefficient (Wildman–Crippen LogP) is -1.50. The molecule has 0 bridgehead atoms. The predicted molar refractivity (Wildman–Crippen MR) is 179 cm³/mol. The van der Waals surface area contributed by atoms with Crippen molar-refractivity contribution >= 4 is 78.9 Å². The molecule has 0 atom stereocenters. The third-order valence-electron chi connectivity index (χ3n) is 7.33. The molecule has 0 heterocycles. The number of nitrogens with zero attached hydrogens (tertiary/aromatic N) is 2. The van der Waals surface area contributed by atoms with E-state index < -0.39 is 30.0 Å². The number of hydrogen-bond donors (Lipinski definition) is 2. The molecule has 0 aromatic heterocycles. The quantitative estimate of drug-likeness (QED) is 0.0934. The summed E-state index contributed by atoms with van der Waals surface area (Å²) >= 11 is 0. The van der Waals surface area contributed by atoms with Crippen LogP contribution in [0.15, 0.2) is 117 Å². The van der Waals surface area contributed by atoms with E-state index in [0.717, 1.165) is 23.3 Å². The third kappa shape index (κ3) is 8.73. The van der Waals surface area contributed by atoms with Crippen molar-refractivity contribution in [2.24, 2.45) is 10.2 Å². The van der Waals surface area contributed by atoms with E-state index >= 15 is 0 Å². The van der Waals surface area contributed by atoms with E-state index in [4.69, 9.17) is 0 Å². The fourth-order valence-electron chi connectivity index (χ4n) is 5.04. The van der Waals surface area contributed by atoms with Crippen LogP contribution in [0.2, 0.25) is 0 Å². The van der Waals surface area contributed by atoms with Crippen molar-refractivity contribution in [1.29, 1.82) is 0 Å². The van der Waals surface area contributed by atoms with Crippen LogP contribution in [0.4, 0.5) is 11.4 Å². The standard InChI is InChI=1S/C34H24N4O8S2.2Na/c39-29-17-13-21-5-1-3-7-27(21)33(29)37-35-25-15-11-23(31(19-25)47(41,42)43)9-10-24-12-16-26(20-32(24)48(44,45)46)36-38-34-28-8-4-2-6-22(28)14-18-30(34)40;;/h1-20,35-36H,(H,41,42,43)(H,44,45,46);;/q;2*+1/p-2/b10-9-,37-33-,38-34+;;. The molecule has 0 unspecified atom stereocenters. The molecule has 6 rings (SSSR count). The Bertz CT molecular complexity index is 2240. The zero-order chi connectivity index (χ0) is 34.1. The second kappa shape index (κ2) is 16.0. The molecule has 4 aromatic rings. The van der Waals surface area contributed by atoms with Crippen LogP contribution < -0.4 is 70.0 Å². The number of anilines is 2. The number of carbonyl (C=O) groups excluding carboxylic acids is 2. The molecule has 16 heteroatoms. The van der Waals surface area contributed by atoms with Crippen molar-refractivity contribution in [2.45, 2.75) is 9.79 Å². The van der Waals surface area contributed by atoms with Gasteiger partial charge >= 0.3 is 59.1 Å². The number of nitrogens with one attached hydrogen (secondary N) is 2. The molecule has 0 saturated heterocycles. The molecule has 2 aliphatic carbocycles. The third-order valence-corrected chi connectivity index (χ3v) is 9.11. The minimum absolute atomic E-state index is 0. The summed E-state index contributed by atoms with van der Waals surface area (Å²) in [5.74, 6) is -0.750. The van der Waals surface area contributed by atoms with Crippen LogP contribution in [0.3, 0.4) is 0 Å². The van der Waals surface area contributed by atoms with Gasteiger partial charge in [0, 0.05) is 11.1 Å². The van der Waals surface area contributed by atoms with E-state index in [9.17, 15) is 35.5 Å². The Morgan fingerprint density at radius 1 is 0.540 bits per heavy atom. The van der Waals surface area contributed by atoms with Gasteiger partial charge in [-0.15, -0.1) is 0 Å². The number of ketones is 2. The number of fused-ring (bicyclic) bond motifs is 2. The number of hydrazone groups is 2. The minimum atomic E-state index is -5.06. The first-order valence-corrected chi connectivity index (χ1v) is 16.9. The van der Waals surface area contributed by atoms with Gasteiger partial charge in [-0.2, -0.15) is 10.2 Å². The Hall–Kier alpha value is -3.80. The van der Waals surface area contributed by atoms with Crippen molar-refractivity contribution in [1.82, 2.24) is 0 Å². The van der Waals surface area contributed by atoms with Crippen LogP contribution in [-0.4, -0.2) is 48.9 Å². The second-order valence-electron chi connectivity index (χ2n) is 10.5. The number of hydrogen-bond acceptors (Lipinski definition) is 12. The molecule has 4 aromatic carbocycles. The fraction of sp³-hybridized carbons (Fsp3) is 0. The van der Waals surface area contributed by atoms with Crippen molar-refractivity contribution in [3.05, 3.63) is 130 Å². The van der Waals surface area contributed by atoms with Crippen LogP contribution in [-0.2, 0) is 29.8 Å². The molecule has 2 N–H and O–H groups in total. The average molecular weight is 725 g/mol. The van der Waals surface area contributed by atoms with E-state index in [1.807, 2.05) is 0 Å². The molecule has 50 heavy (non-hydrogen) atoms. The van der Waals surface area contributed by atoms with Gasteiger partial charge in [0.15, 0.2) is 0 Å². The summed E-state index contributed by atoms with van der Waals surface area (Å²) in [7, 11) is -10.1. The zero-order valence-electron chi connectivity index (χ0n) is 26.5. The summed E-state index contributed by atoms with van der Waals surface area (Å²) in [5, 5.41) is 8.28. The fourth-order valence-corrected chi connectivity index (χ4v) is 6.43. The molecule has 2 aliphatic rings. The first kappa shape index (κ1) is 39.0. The number of allylic oxidation sites excluding steroid dienone is 2. The molecule has 0 aliphatic heterocycles. The molecule has 12 nitrogen and oxygen atoms in total. The maximum absolute atomic E-state index is 12.5. The summed E-state index contributed by atoms with van der Waals surface area (Å²) in [6, 6.07) is 21.5. The summed E-state index contributed by atoms with van der Waals surface area (Å²) in [5.41, 5.74) is 8.05. The van der Waals surface area contributed by atoms with Gasteiger partial charge in [0.05, 0.1) is 21.2 Å². The van der Waals surface area contributed by atoms with Gasteiger partial charge in [-0.05, 0) is 58.7 Å². The van der Waals surface area contributed by atoms with E-state index in [1.54, 1.807) is 60.7 Å². The van der Waals surface area contributed by atoms with Crippen molar-refractivity contribution in [2.75, 3.05) is 10.9 Å². The minimum Gasteiger partial charge on any atom is -0.744 e. The molecule has 0 fully saturated rings. The zero-order valence-corrected chi connectivity index (χ0v) is 32.2. The van der Waals surface area contributed by atoms with E-state index in [1.165, 1.54) is 48.6 Å². The summed E-state index contributed by atoms with van der Waals surface area (Å²) in [6.45, 7) is 0. The van der Waals surface area contributed by atoms with Gasteiger partial charge in [0.1, 0.15) is 31.7 Å². The SMILES string of the molecule is O=C1C=Cc2ccccc2/C1=N/Nc1ccc(/C=C\c2ccc(N/N=C3/C(=O)C=Cc4ccccc43)cc2S(=O)(=O)[O-])c(S(=O)(=O)[O-])c1.[Na+].[Na+]. The Morgan fingerprint density at radius 2 is 0.920 bits per heavy atom. The van der Waals surface area contributed by atoms with Crippen LogP contribution in [0, 0.1) is 0 Å². The monoisotopic (exact) mass is 724 g/mol. The van der Waals surface area contributed by atoms with E-state index in [-0.39, 0.29) is 105 Å². The van der Waals surface area contributed by atoms with Gasteiger partial charge in [0.25, 0.3) is 0 Å². The van der Waals surface area contributed by atoms with Gasteiger partial charge < -0.3 is 9.11 Å². The van der Waals surface area contributed by atoms with Crippen molar-refractivity contribution in [3.8, 4) is 0 Å². The number of rotatable bonds is 8. The van der Waals surface area contributed by atoms with Crippen molar-refractivity contribution < 1.29 is 94.6 Å². The molecule has 0 amide bonds. The largest absolute Gasteiger partial charge is 1.00 e. The molecule has 240 valence electrons. The Labute approximate surface area is 331 Å². The van der Waals surface area contributed by atoms with E-state index in [0.29, 0.717) is 11.1 Å². The Balaban J connectivity index is 0.00000281. The van der Waals surface area contributed by atoms with Crippen LogP contribution in [0.25, 0.3) is 24.3 Å². The topological polar surface area (TPSA) is 197 Å². The molecular formula is C34H22N4Na2O8S2. The summed E-state index contributed by atoms with van der Waals surface area (Å²) in [4.78, 5) is 23.6. The van der Waals surface area contributed by atoms with Crippen molar-refractivity contribution in [3.63, 3.8) is 0 Å². The van der Waals surface area contributed by atoms with Crippen LogP contribution in [0.5, 0.6) is 0 Å². The molecule has 0 saturated carbocycles. The first-order valence-electron chi connectivity index (χ1n) is 14.1. The maximum Gasteiger partial charge on any atom is 1.00 e. The summed E-state index contributed by atoms with van der Waals surface area (Å²) < 4.78 is 73.2. The van der Waals surface area contributed by atoms with Gasteiger partial charge in [-0.25, -0.2) is 16.8 Å². The Kier molecular flexibility index (Phi) is 12.5. The van der Waals surface area contributed by atoms with E-state index in [2.05, 4.69) is 21.1 Å². The van der Waals surface area contributed by atoms with Gasteiger partial charge in [-0.3, -0.25) is 20.4 Å². The second-order valence-corrected chi connectivity index (χ2v) is 13.2. The molecule has 0 spiro atoms. The van der Waals surface area contributed by atoms with Gasteiger partial charge in [0.2, 0.25) is 11.6 Å². The summed E-state index contributed by atoms with van der Waals surface area (Å²) in [6.07, 6.45) is 8.36. The smallest absolute Gasteiger partial charge is 0.744 e. The molecular weight excluding hydrogens is 703 g/mol. The average Bonchev–Trinajstić information content (AvgIpc) is 3.06. The van der Waals surface area contributed by atoms with Gasteiger partial charge in [-0.1, -0.05) is 85.0 Å². The van der Waals surface area contributed by atoms with Crippen LogP contribution in [0.1, 0.15) is 33.4 Å².